The first-order valence-corrected chi connectivity index (χ1v) is 9.70. The number of aromatic nitrogens is 1. The molecule has 0 saturated carbocycles. The number of carbonyl (C=O) groups is 1. The molecule has 0 aliphatic carbocycles. The van der Waals surface area contributed by atoms with Gasteiger partial charge in [0.1, 0.15) is 11.4 Å². The summed E-state index contributed by atoms with van der Waals surface area (Å²) < 4.78 is 18.8. The van der Waals surface area contributed by atoms with E-state index in [4.69, 9.17) is 4.74 Å². The third-order valence-corrected chi connectivity index (χ3v) is 5.62. The van der Waals surface area contributed by atoms with Crippen molar-refractivity contribution in [3.63, 3.8) is 0 Å². The highest BCUT2D eigenvalue weighted by atomic mass is 19.1. The van der Waals surface area contributed by atoms with Gasteiger partial charge in [-0.15, -0.1) is 0 Å². The lowest BCUT2D eigenvalue weighted by atomic mass is 10.1. The maximum atomic E-state index is 13.4. The van der Waals surface area contributed by atoms with E-state index in [1.807, 2.05) is 12.1 Å². The van der Waals surface area contributed by atoms with Gasteiger partial charge in [0.2, 0.25) is 0 Å². The maximum Gasteiger partial charge on any atom is 0.263 e. The van der Waals surface area contributed by atoms with Gasteiger partial charge in [-0.1, -0.05) is 0 Å². The Hall–Kier alpha value is -3.19. The molecule has 5 rings (SSSR count). The Morgan fingerprint density at radius 2 is 1.86 bits per heavy atom. The van der Waals surface area contributed by atoms with Crippen molar-refractivity contribution in [1.82, 2.24) is 4.98 Å². The average molecular weight is 393 g/mol. The van der Waals surface area contributed by atoms with Gasteiger partial charge >= 0.3 is 0 Å². The number of fused-ring (bicyclic) bond motifs is 2. The molecule has 0 radical (unpaired) electrons. The molecule has 3 aromatic rings. The second kappa shape index (κ2) is 7.00. The molecule has 6 nitrogen and oxygen atoms in total. The van der Waals surface area contributed by atoms with Crippen LogP contribution in [0.15, 0.2) is 47.3 Å². The number of hydrogen-bond acceptors (Lipinski definition) is 4. The van der Waals surface area contributed by atoms with Crippen LogP contribution in [0.25, 0.3) is 10.9 Å². The van der Waals surface area contributed by atoms with E-state index in [0.29, 0.717) is 17.4 Å². The normalized spacial score (nSPS) is 16.3. The first kappa shape index (κ1) is 17.9. The molecule has 0 atom stereocenters. The van der Waals surface area contributed by atoms with Crippen molar-refractivity contribution in [2.24, 2.45) is 0 Å². The zero-order valence-electron chi connectivity index (χ0n) is 15.8. The van der Waals surface area contributed by atoms with E-state index in [0.717, 1.165) is 49.7 Å². The Kier molecular flexibility index (Phi) is 4.32. The first-order valence-electron chi connectivity index (χ1n) is 9.70. The molecule has 1 amide bonds. The monoisotopic (exact) mass is 393 g/mol. The summed E-state index contributed by atoms with van der Waals surface area (Å²) in [6, 6.07) is 11.8. The molecule has 2 aliphatic heterocycles. The molecule has 1 saturated heterocycles. The smallest absolute Gasteiger partial charge is 0.263 e. The Bertz CT molecular complexity index is 1170. The number of aromatic amines is 1. The molecule has 3 heterocycles. The number of pyridine rings is 1. The third-order valence-electron chi connectivity index (χ3n) is 5.62. The molecule has 0 unspecified atom stereocenters. The SMILES string of the molecule is O=C(c1cc2ccc(F)cc2[nH]c1=O)N1CCc2cc(N3CCOCC3)ccc21. The van der Waals surface area contributed by atoms with Gasteiger partial charge in [0.15, 0.2) is 0 Å². The zero-order valence-corrected chi connectivity index (χ0v) is 15.8. The fourth-order valence-corrected chi connectivity index (χ4v) is 4.09. The van der Waals surface area contributed by atoms with Gasteiger partial charge in [0.05, 0.1) is 18.7 Å². The number of morpholine rings is 1. The molecule has 148 valence electrons. The minimum absolute atomic E-state index is 0.0641. The van der Waals surface area contributed by atoms with Crippen molar-refractivity contribution in [3.05, 3.63) is 69.8 Å². The quantitative estimate of drug-likeness (QED) is 0.727. The van der Waals surface area contributed by atoms with E-state index in [1.165, 1.54) is 18.2 Å². The van der Waals surface area contributed by atoms with Crippen molar-refractivity contribution in [2.75, 3.05) is 42.6 Å². The lowest BCUT2D eigenvalue weighted by molar-refractivity contribution is 0.0988. The van der Waals surface area contributed by atoms with Crippen LogP contribution in [0.1, 0.15) is 15.9 Å². The van der Waals surface area contributed by atoms with Crippen LogP contribution >= 0.6 is 0 Å². The van der Waals surface area contributed by atoms with Crippen LogP contribution in [-0.2, 0) is 11.2 Å². The lowest BCUT2D eigenvalue weighted by Crippen LogP contribution is -2.36. The highest BCUT2D eigenvalue weighted by Crippen LogP contribution is 2.33. The molecule has 1 aromatic heterocycles. The Balaban J connectivity index is 1.46. The van der Waals surface area contributed by atoms with Crippen LogP contribution < -0.4 is 15.4 Å². The minimum Gasteiger partial charge on any atom is -0.378 e. The number of halogens is 1. The Labute approximate surface area is 166 Å². The zero-order chi connectivity index (χ0) is 20.0. The summed E-state index contributed by atoms with van der Waals surface area (Å²) in [4.78, 5) is 32.2. The number of carbonyl (C=O) groups excluding carboxylic acids is 1. The number of H-pyrrole nitrogens is 1. The van der Waals surface area contributed by atoms with E-state index in [9.17, 15) is 14.0 Å². The minimum atomic E-state index is -0.508. The van der Waals surface area contributed by atoms with Gasteiger partial charge in [-0.25, -0.2) is 4.39 Å². The van der Waals surface area contributed by atoms with Crippen molar-refractivity contribution >= 4 is 28.2 Å². The van der Waals surface area contributed by atoms with Crippen LogP contribution in [-0.4, -0.2) is 43.7 Å². The summed E-state index contributed by atoms with van der Waals surface area (Å²) in [7, 11) is 0. The number of ether oxygens (including phenoxy) is 1. The maximum absolute atomic E-state index is 13.4. The molecule has 29 heavy (non-hydrogen) atoms. The largest absolute Gasteiger partial charge is 0.378 e. The summed E-state index contributed by atoms with van der Waals surface area (Å²) in [5, 5.41) is 0.622. The van der Waals surface area contributed by atoms with Crippen molar-refractivity contribution in [2.45, 2.75) is 6.42 Å². The number of nitrogens with zero attached hydrogens (tertiary/aromatic N) is 2. The second-order valence-corrected chi connectivity index (χ2v) is 7.36. The average Bonchev–Trinajstić information content (AvgIpc) is 3.16. The molecule has 1 fully saturated rings. The standard InChI is InChI=1S/C22H20FN3O3/c23-16-2-1-14-12-18(21(27)24-19(14)13-16)22(28)26-6-5-15-11-17(3-4-20(15)26)25-7-9-29-10-8-25/h1-4,11-13H,5-10H2,(H,24,27). The third kappa shape index (κ3) is 3.17. The summed E-state index contributed by atoms with van der Waals surface area (Å²) in [5.74, 6) is -0.771. The molecular weight excluding hydrogens is 373 g/mol. The number of hydrogen-bond donors (Lipinski definition) is 1. The number of anilines is 2. The predicted molar refractivity (Wildman–Crippen MR) is 109 cm³/mol. The molecule has 0 bridgehead atoms. The van der Waals surface area contributed by atoms with Crippen LogP contribution in [0.3, 0.4) is 0 Å². The molecule has 2 aromatic carbocycles. The summed E-state index contributed by atoms with van der Waals surface area (Å²) in [6.07, 6.45) is 0.746. The fourth-order valence-electron chi connectivity index (χ4n) is 4.09. The topological polar surface area (TPSA) is 65.6 Å². The molecule has 0 spiro atoms. The van der Waals surface area contributed by atoms with Crippen molar-refractivity contribution in [3.8, 4) is 0 Å². The predicted octanol–water partition coefficient (Wildman–Crippen LogP) is 2.71. The summed E-state index contributed by atoms with van der Waals surface area (Å²) >= 11 is 0. The molecular formula is C22H20FN3O3. The van der Waals surface area contributed by atoms with E-state index in [-0.39, 0.29) is 11.5 Å². The fraction of sp³-hybridized carbons (Fsp3) is 0.273. The van der Waals surface area contributed by atoms with Crippen LogP contribution in [0, 0.1) is 5.82 Å². The number of nitrogens with one attached hydrogen (secondary N) is 1. The van der Waals surface area contributed by atoms with Crippen molar-refractivity contribution in [1.29, 1.82) is 0 Å². The van der Waals surface area contributed by atoms with Gasteiger partial charge in [-0.2, -0.15) is 0 Å². The van der Waals surface area contributed by atoms with Gasteiger partial charge < -0.3 is 19.5 Å². The van der Waals surface area contributed by atoms with Gasteiger partial charge in [-0.3, -0.25) is 9.59 Å². The Morgan fingerprint density at radius 3 is 2.69 bits per heavy atom. The number of benzene rings is 2. The summed E-state index contributed by atoms with van der Waals surface area (Å²) in [6.45, 7) is 3.68. The second-order valence-electron chi connectivity index (χ2n) is 7.36. The van der Waals surface area contributed by atoms with E-state index in [1.54, 1.807) is 11.0 Å². The van der Waals surface area contributed by atoms with Crippen molar-refractivity contribution < 1.29 is 13.9 Å². The Morgan fingerprint density at radius 1 is 1.03 bits per heavy atom. The highest BCUT2D eigenvalue weighted by molar-refractivity contribution is 6.08. The highest BCUT2D eigenvalue weighted by Gasteiger charge is 2.28. The van der Waals surface area contributed by atoms with Crippen LogP contribution in [0.4, 0.5) is 15.8 Å². The van der Waals surface area contributed by atoms with Crippen LogP contribution in [0.2, 0.25) is 0 Å². The molecule has 7 heteroatoms. The van der Waals surface area contributed by atoms with E-state index >= 15 is 0 Å². The number of amides is 1. The van der Waals surface area contributed by atoms with Gasteiger partial charge in [0, 0.05) is 31.0 Å². The number of rotatable bonds is 2. The van der Waals surface area contributed by atoms with E-state index < -0.39 is 11.4 Å². The van der Waals surface area contributed by atoms with Gasteiger partial charge in [-0.05, 0) is 59.8 Å². The first-order chi connectivity index (χ1) is 14.1. The van der Waals surface area contributed by atoms with E-state index in [2.05, 4.69) is 16.0 Å². The summed E-state index contributed by atoms with van der Waals surface area (Å²) in [5.41, 5.74) is 3.00. The lowest BCUT2D eigenvalue weighted by Gasteiger charge is -2.29. The molecule has 1 N–H and O–H groups in total. The molecule has 2 aliphatic rings. The van der Waals surface area contributed by atoms with Gasteiger partial charge in [0.25, 0.3) is 11.5 Å². The van der Waals surface area contributed by atoms with Crippen LogP contribution in [0.5, 0.6) is 0 Å².